The highest BCUT2D eigenvalue weighted by atomic mass is 35.5. The fourth-order valence-corrected chi connectivity index (χ4v) is 2.55. The molecule has 3 rings (SSSR count). The van der Waals surface area contributed by atoms with Crippen molar-refractivity contribution in [2.45, 2.75) is 26.7 Å². The maximum Gasteiger partial charge on any atom is 0.225 e. The number of benzene rings is 1. The molecule has 0 atom stereocenters. The summed E-state index contributed by atoms with van der Waals surface area (Å²) in [5.74, 6) is -1.40. The Labute approximate surface area is 136 Å². The summed E-state index contributed by atoms with van der Waals surface area (Å²) in [6.45, 7) is 3.87. The smallest absolute Gasteiger partial charge is 0.225 e. The van der Waals surface area contributed by atoms with E-state index in [-0.39, 0.29) is 16.5 Å². The van der Waals surface area contributed by atoms with Gasteiger partial charge in [0, 0.05) is 11.6 Å². The molecule has 2 heterocycles. The van der Waals surface area contributed by atoms with Crippen molar-refractivity contribution in [2.24, 2.45) is 0 Å². The van der Waals surface area contributed by atoms with Gasteiger partial charge in [-0.05, 0) is 37.1 Å². The van der Waals surface area contributed by atoms with Crippen molar-refractivity contribution < 1.29 is 8.78 Å². The predicted octanol–water partition coefficient (Wildman–Crippen LogP) is 4.28. The number of rotatable bonds is 3. The lowest BCUT2D eigenvalue weighted by molar-refractivity contribution is 0.585. The molecule has 7 heteroatoms. The minimum Gasteiger partial charge on any atom is -0.246 e. The van der Waals surface area contributed by atoms with Crippen LogP contribution in [0.2, 0.25) is 5.28 Å². The minimum atomic E-state index is -0.738. The minimum absolute atomic E-state index is 0.0585. The molecule has 0 unspecified atom stereocenters. The highest BCUT2D eigenvalue weighted by molar-refractivity contribution is 6.28. The Morgan fingerprint density at radius 2 is 1.87 bits per heavy atom. The van der Waals surface area contributed by atoms with Gasteiger partial charge in [-0.2, -0.15) is 4.98 Å². The number of halogens is 3. The summed E-state index contributed by atoms with van der Waals surface area (Å²) in [6, 6.07) is 3.26. The molecule has 0 saturated carbocycles. The van der Waals surface area contributed by atoms with Gasteiger partial charge in [0.05, 0.1) is 11.4 Å². The molecule has 0 aliphatic carbocycles. The zero-order valence-electron chi connectivity index (χ0n) is 12.6. The van der Waals surface area contributed by atoms with Gasteiger partial charge < -0.3 is 0 Å². The van der Waals surface area contributed by atoms with Crippen molar-refractivity contribution in [1.82, 2.24) is 19.9 Å². The quantitative estimate of drug-likeness (QED) is 0.671. The highest BCUT2D eigenvalue weighted by Gasteiger charge is 2.17. The van der Waals surface area contributed by atoms with Crippen molar-refractivity contribution in [3.63, 3.8) is 0 Å². The molecule has 0 radical (unpaired) electrons. The third-order valence-corrected chi connectivity index (χ3v) is 3.62. The van der Waals surface area contributed by atoms with E-state index >= 15 is 0 Å². The summed E-state index contributed by atoms with van der Waals surface area (Å²) in [5, 5.41) is -0.0585. The molecule has 0 saturated heterocycles. The molecule has 118 valence electrons. The van der Waals surface area contributed by atoms with Crippen LogP contribution in [0.1, 0.15) is 24.7 Å². The number of nitrogens with zero attached hydrogens (tertiary/aromatic N) is 4. The van der Waals surface area contributed by atoms with Crippen LogP contribution in [0.25, 0.3) is 22.4 Å². The molecule has 4 nitrogen and oxygen atoms in total. The maximum absolute atomic E-state index is 14.1. The number of fused-ring (bicyclic) bond motifs is 1. The highest BCUT2D eigenvalue weighted by Crippen LogP contribution is 2.28. The number of hydrogen-bond donors (Lipinski definition) is 0. The number of aryl methyl sites for hydroxylation is 2. The Morgan fingerprint density at radius 3 is 2.57 bits per heavy atom. The van der Waals surface area contributed by atoms with E-state index in [1.54, 1.807) is 0 Å². The molecule has 0 N–H and O–H groups in total. The van der Waals surface area contributed by atoms with Crippen LogP contribution in [-0.4, -0.2) is 19.9 Å². The first-order chi connectivity index (χ1) is 11.0. The number of hydrogen-bond acceptors (Lipinski definition) is 4. The van der Waals surface area contributed by atoms with Gasteiger partial charge in [-0.1, -0.05) is 13.3 Å². The zero-order chi connectivity index (χ0) is 16.6. The number of aromatic nitrogens is 4. The van der Waals surface area contributed by atoms with E-state index < -0.39 is 11.6 Å². The van der Waals surface area contributed by atoms with E-state index in [0.29, 0.717) is 11.2 Å². The third kappa shape index (κ3) is 2.99. The van der Waals surface area contributed by atoms with Gasteiger partial charge in [-0.3, -0.25) is 0 Å². The molecule has 0 amide bonds. The van der Waals surface area contributed by atoms with Gasteiger partial charge in [-0.25, -0.2) is 23.7 Å². The van der Waals surface area contributed by atoms with Crippen molar-refractivity contribution in [3.8, 4) is 11.3 Å². The lowest BCUT2D eigenvalue weighted by Crippen LogP contribution is -2.03. The Balaban J connectivity index is 2.30. The van der Waals surface area contributed by atoms with Crippen molar-refractivity contribution >= 4 is 22.8 Å². The van der Waals surface area contributed by atoms with Crippen molar-refractivity contribution in [3.05, 3.63) is 46.5 Å². The molecule has 3 aromatic rings. The summed E-state index contributed by atoms with van der Waals surface area (Å²) >= 11 is 5.94. The van der Waals surface area contributed by atoms with Crippen LogP contribution in [0.3, 0.4) is 0 Å². The molecule has 1 aromatic carbocycles. The Bertz CT molecular complexity index is 899. The average molecular weight is 335 g/mol. The van der Waals surface area contributed by atoms with Gasteiger partial charge in [0.2, 0.25) is 5.28 Å². The van der Waals surface area contributed by atoms with E-state index in [2.05, 4.69) is 19.9 Å². The monoisotopic (exact) mass is 334 g/mol. The van der Waals surface area contributed by atoms with Crippen LogP contribution >= 0.6 is 11.6 Å². The van der Waals surface area contributed by atoms with Crippen LogP contribution < -0.4 is 0 Å². The van der Waals surface area contributed by atoms with E-state index in [9.17, 15) is 8.78 Å². The van der Waals surface area contributed by atoms with Gasteiger partial charge in [0.15, 0.2) is 5.65 Å². The van der Waals surface area contributed by atoms with Crippen LogP contribution in [0.5, 0.6) is 0 Å². The summed E-state index contributed by atoms with van der Waals surface area (Å²) in [4.78, 5) is 17.1. The average Bonchev–Trinajstić information content (AvgIpc) is 2.48. The first-order valence-corrected chi connectivity index (χ1v) is 7.53. The van der Waals surface area contributed by atoms with Crippen molar-refractivity contribution in [1.29, 1.82) is 0 Å². The first-order valence-electron chi connectivity index (χ1n) is 7.15. The maximum atomic E-state index is 14.1. The second kappa shape index (κ2) is 6.12. The molecular weight excluding hydrogens is 322 g/mol. The van der Waals surface area contributed by atoms with Crippen LogP contribution in [0.4, 0.5) is 8.78 Å². The lowest BCUT2D eigenvalue weighted by Gasteiger charge is -2.09. The largest absolute Gasteiger partial charge is 0.246 e. The van der Waals surface area contributed by atoms with E-state index in [4.69, 9.17) is 11.6 Å². The SMILES string of the molecule is CCCc1nc2nc(Cl)nc(-c3ccc(F)cc3F)c2nc1C. The Hall–Kier alpha value is -2.21. The Morgan fingerprint density at radius 1 is 1.09 bits per heavy atom. The van der Waals surface area contributed by atoms with E-state index in [1.807, 2.05) is 13.8 Å². The third-order valence-electron chi connectivity index (χ3n) is 3.45. The predicted molar refractivity (Wildman–Crippen MR) is 84.2 cm³/mol. The van der Waals surface area contributed by atoms with E-state index in [1.165, 1.54) is 6.07 Å². The summed E-state index contributed by atoms with van der Waals surface area (Å²) in [7, 11) is 0. The van der Waals surface area contributed by atoms with Gasteiger partial charge >= 0.3 is 0 Å². The molecule has 0 aliphatic rings. The van der Waals surface area contributed by atoms with Crippen LogP contribution in [0.15, 0.2) is 18.2 Å². The van der Waals surface area contributed by atoms with Gasteiger partial charge in [-0.15, -0.1) is 0 Å². The zero-order valence-corrected chi connectivity index (χ0v) is 13.3. The molecule has 0 spiro atoms. The molecule has 0 aliphatic heterocycles. The van der Waals surface area contributed by atoms with Gasteiger partial charge in [0.25, 0.3) is 0 Å². The van der Waals surface area contributed by atoms with Crippen LogP contribution in [0, 0.1) is 18.6 Å². The topological polar surface area (TPSA) is 51.6 Å². The molecule has 0 bridgehead atoms. The molecular formula is C16H13ClF2N4. The van der Waals surface area contributed by atoms with Crippen LogP contribution in [-0.2, 0) is 6.42 Å². The molecule has 23 heavy (non-hydrogen) atoms. The first kappa shape index (κ1) is 15.7. The second-order valence-corrected chi connectivity index (χ2v) is 5.48. The standard InChI is InChI=1S/C16H13ClF2N4/c1-3-4-12-8(2)20-14-13(22-16(17)23-15(14)21-12)10-6-5-9(18)7-11(10)19/h5-7H,3-4H2,1-2H3. The molecule has 2 aromatic heterocycles. The lowest BCUT2D eigenvalue weighted by atomic mass is 10.1. The second-order valence-electron chi connectivity index (χ2n) is 5.14. The Kier molecular flexibility index (Phi) is 4.17. The summed E-state index contributed by atoms with van der Waals surface area (Å²) in [5.41, 5.74) is 2.51. The fourth-order valence-electron chi connectivity index (χ4n) is 2.38. The van der Waals surface area contributed by atoms with Crippen molar-refractivity contribution in [2.75, 3.05) is 0 Å². The molecule has 0 fully saturated rings. The summed E-state index contributed by atoms with van der Waals surface area (Å²) in [6.07, 6.45) is 1.68. The summed E-state index contributed by atoms with van der Waals surface area (Å²) < 4.78 is 27.2. The fraction of sp³-hybridized carbons (Fsp3) is 0.250. The van der Waals surface area contributed by atoms with Gasteiger partial charge in [0.1, 0.15) is 22.8 Å². The van der Waals surface area contributed by atoms with E-state index in [0.717, 1.165) is 36.4 Å². The normalized spacial score (nSPS) is 11.2.